The fourth-order valence-corrected chi connectivity index (χ4v) is 2.11. The summed E-state index contributed by atoms with van der Waals surface area (Å²) < 4.78 is 30.2. The Morgan fingerprint density at radius 3 is 2.00 bits per heavy atom. The summed E-state index contributed by atoms with van der Waals surface area (Å²) >= 11 is 0. The summed E-state index contributed by atoms with van der Waals surface area (Å²) in [7, 11) is -3.93. The van der Waals surface area contributed by atoms with Crippen LogP contribution < -0.4 is 5.73 Å². The van der Waals surface area contributed by atoms with Crippen molar-refractivity contribution in [1.29, 1.82) is 0 Å². The van der Waals surface area contributed by atoms with Crippen LogP contribution in [-0.4, -0.2) is 23.8 Å². The van der Waals surface area contributed by atoms with E-state index in [-0.39, 0.29) is 6.42 Å². The highest BCUT2D eigenvalue weighted by Crippen LogP contribution is 2.16. The zero-order valence-corrected chi connectivity index (χ0v) is 8.56. The van der Waals surface area contributed by atoms with E-state index in [1.54, 1.807) is 20.8 Å². The number of rotatable bonds is 4. The maximum atomic E-state index is 10.7. The lowest BCUT2D eigenvalue weighted by molar-refractivity contribution is 0.413. The molecule has 0 aromatic carbocycles. The van der Waals surface area contributed by atoms with Crippen LogP contribution in [0.4, 0.5) is 0 Å². The first kappa shape index (κ1) is 11.9. The van der Waals surface area contributed by atoms with E-state index in [1.165, 1.54) is 0 Å². The molecule has 1 unspecified atom stereocenters. The minimum atomic E-state index is -3.93. The molecule has 0 radical (unpaired) electrons. The van der Waals surface area contributed by atoms with Crippen molar-refractivity contribution in [3.8, 4) is 0 Å². The van der Waals surface area contributed by atoms with Crippen LogP contribution in [0, 0.1) is 0 Å². The average molecular weight is 195 g/mol. The molecule has 0 fully saturated rings. The molecule has 0 aliphatic rings. The molecule has 0 aromatic heterocycles. The Morgan fingerprint density at radius 1 is 1.50 bits per heavy atom. The quantitative estimate of drug-likeness (QED) is 0.650. The first-order chi connectivity index (χ1) is 5.17. The van der Waals surface area contributed by atoms with E-state index < -0.39 is 20.9 Å². The highest BCUT2D eigenvalue weighted by Gasteiger charge is 2.26. The van der Waals surface area contributed by atoms with Gasteiger partial charge in [0.2, 0.25) is 0 Å². The predicted octanol–water partition coefficient (Wildman–Crippen LogP) is 0.780. The van der Waals surface area contributed by atoms with Gasteiger partial charge in [-0.15, -0.1) is 0 Å². The minimum absolute atomic E-state index is 0.280. The molecule has 4 nitrogen and oxygen atoms in total. The summed E-state index contributed by atoms with van der Waals surface area (Å²) in [5.74, 6) is 0. The third kappa shape index (κ3) is 4.69. The SMILES string of the molecule is CCC(CC(C)(C)N)S(=O)(=O)O. The Morgan fingerprint density at radius 2 is 1.92 bits per heavy atom. The average Bonchev–Trinajstić information content (AvgIpc) is 1.78. The fraction of sp³-hybridized carbons (Fsp3) is 1.00. The molecular weight excluding hydrogens is 178 g/mol. The van der Waals surface area contributed by atoms with Gasteiger partial charge in [-0.05, 0) is 26.7 Å². The monoisotopic (exact) mass is 195 g/mol. The van der Waals surface area contributed by atoms with Crippen LogP contribution in [0.25, 0.3) is 0 Å². The third-order valence-corrected chi connectivity index (χ3v) is 2.97. The van der Waals surface area contributed by atoms with Crippen molar-refractivity contribution in [2.45, 2.75) is 44.4 Å². The van der Waals surface area contributed by atoms with Crippen molar-refractivity contribution >= 4 is 10.1 Å². The molecule has 3 N–H and O–H groups in total. The van der Waals surface area contributed by atoms with E-state index >= 15 is 0 Å². The summed E-state index contributed by atoms with van der Waals surface area (Å²) in [6, 6.07) is 0. The molecule has 12 heavy (non-hydrogen) atoms. The van der Waals surface area contributed by atoms with Crippen LogP contribution in [0.5, 0.6) is 0 Å². The molecule has 0 aliphatic heterocycles. The minimum Gasteiger partial charge on any atom is -0.326 e. The van der Waals surface area contributed by atoms with Gasteiger partial charge in [0.25, 0.3) is 10.1 Å². The lowest BCUT2D eigenvalue weighted by Crippen LogP contribution is -2.38. The summed E-state index contributed by atoms with van der Waals surface area (Å²) in [6.07, 6.45) is 0.668. The Labute approximate surface area is 73.9 Å². The van der Waals surface area contributed by atoms with Gasteiger partial charge in [-0.1, -0.05) is 6.92 Å². The van der Waals surface area contributed by atoms with Gasteiger partial charge in [-0.3, -0.25) is 4.55 Å². The Balaban J connectivity index is 4.41. The van der Waals surface area contributed by atoms with E-state index in [1.807, 2.05) is 0 Å². The van der Waals surface area contributed by atoms with Gasteiger partial charge in [0, 0.05) is 5.54 Å². The molecule has 0 saturated carbocycles. The van der Waals surface area contributed by atoms with Crippen LogP contribution in [0.2, 0.25) is 0 Å². The molecule has 0 amide bonds. The normalized spacial score (nSPS) is 16.1. The number of hydrogen-bond donors (Lipinski definition) is 2. The number of nitrogens with two attached hydrogens (primary N) is 1. The highest BCUT2D eigenvalue weighted by molar-refractivity contribution is 7.86. The predicted molar refractivity (Wildman–Crippen MR) is 48.5 cm³/mol. The molecule has 0 bridgehead atoms. The maximum Gasteiger partial charge on any atom is 0.267 e. The van der Waals surface area contributed by atoms with Gasteiger partial charge in [0.15, 0.2) is 0 Å². The Hall–Kier alpha value is -0.130. The van der Waals surface area contributed by atoms with Gasteiger partial charge >= 0.3 is 0 Å². The van der Waals surface area contributed by atoms with E-state index in [0.717, 1.165) is 0 Å². The van der Waals surface area contributed by atoms with Gasteiger partial charge in [-0.2, -0.15) is 8.42 Å². The first-order valence-electron chi connectivity index (χ1n) is 3.92. The molecular formula is C7H17NO3S. The summed E-state index contributed by atoms with van der Waals surface area (Å²) in [5, 5.41) is -0.738. The summed E-state index contributed by atoms with van der Waals surface area (Å²) in [5.41, 5.74) is 5.07. The highest BCUT2D eigenvalue weighted by atomic mass is 32.2. The molecule has 0 aliphatic carbocycles. The van der Waals surface area contributed by atoms with E-state index in [9.17, 15) is 8.42 Å². The second-order valence-electron chi connectivity index (χ2n) is 3.74. The Bertz CT molecular complexity index is 228. The standard InChI is InChI=1S/C7H17NO3S/c1-4-6(12(9,10)11)5-7(2,3)8/h6H,4-5,8H2,1-3H3,(H,9,10,11). The van der Waals surface area contributed by atoms with Crippen molar-refractivity contribution in [2.24, 2.45) is 5.73 Å². The second-order valence-corrected chi connectivity index (χ2v) is 5.43. The van der Waals surface area contributed by atoms with Crippen LogP contribution >= 0.6 is 0 Å². The molecule has 1 atom stereocenters. The van der Waals surface area contributed by atoms with E-state index in [2.05, 4.69) is 0 Å². The van der Waals surface area contributed by atoms with Crippen molar-refractivity contribution in [2.75, 3.05) is 0 Å². The topological polar surface area (TPSA) is 80.4 Å². The number of hydrogen-bond acceptors (Lipinski definition) is 3. The zero-order chi connectivity index (χ0) is 9.99. The van der Waals surface area contributed by atoms with Gasteiger partial charge < -0.3 is 5.73 Å². The molecule has 0 spiro atoms. The maximum absolute atomic E-state index is 10.7. The lowest BCUT2D eigenvalue weighted by Gasteiger charge is -2.22. The van der Waals surface area contributed by atoms with Gasteiger partial charge in [-0.25, -0.2) is 0 Å². The third-order valence-electron chi connectivity index (χ3n) is 1.63. The zero-order valence-electron chi connectivity index (χ0n) is 7.74. The molecule has 0 rings (SSSR count). The van der Waals surface area contributed by atoms with Crippen molar-refractivity contribution in [3.05, 3.63) is 0 Å². The van der Waals surface area contributed by atoms with Crippen LogP contribution in [0.15, 0.2) is 0 Å². The fourth-order valence-electron chi connectivity index (χ4n) is 1.05. The largest absolute Gasteiger partial charge is 0.326 e. The van der Waals surface area contributed by atoms with Gasteiger partial charge in [0.05, 0.1) is 5.25 Å². The van der Waals surface area contributed by atoms with Gasteiger partial charge in [0.1, 0.15) is 0 Å². The van der Waals surface area contributed by atoms with Crippen LogP contribution in [0.1, 0.15) is 33.6 Å². The van der Waals surface area contributed by atoms with Crippen LogP contribution in [-0.2, 0) is 10.1 Å². The molecule has 0 aromatic rings. The molecule has 0 heterocycles. The molecule has 74 valence electrons. The second kappa shape index (κ2) is 3.72. The molecule has 0 saturated heterocycles. The summed E-state index contributed by atoms with van der Waals surface area (Å²) in [6.45, 7) is 5.19. The molecule has 5 heteroatoms. The van der Waals surface area contributed by atoms with Crippen molar-refractivity contribution in [1.82, 2.24) is 0 Å². The van der Waals surface area contributed by atoms with Crippen molar-refractivity contribution in [3.63, 3.8) is 0 Å². The van der Waals surface area contributed by atoms with E-state index in [0.29, 0.717) is 6.42 Å². The van der Waals surface area contributed by atoms with Crippen molar-refractivity contribution < 1.29 is 13.0 Å². The Kier molecular flexibility index (Phi) is 3.68. The summed E-state index contributed by atoms with van der Waals surface area (Å²) in [4.78, 5) is 0. The first-order valence-corrected chi connectivity index (χ1v) is 5.42. The smallest absolute Gasteiger partial charge is 0.267 e. The van der Waals surface area contributed by atoms with Crippen LogP contribution in [0.3, 0.4) is 0 Å². The lowest BCUT2D eigenvalue weighted by atomic mass is 9.99. The van der Waals surface area contributed by atoms with E-state index in [4.69, 9.17) is 10.3 Å².